The number of likely N-dealkylation sites (tertiary alicyclic amines) is 2. The first-order valence-electron chi connectivity index (χ1n) is 8.86. The first kappa shape index (κ1) is 13.1. The number of carbonyl (C=O) groups is 1. The number of carbonyl (C=O) groups excluding carboxylic acids is 1. The van der Waals surface area contributed by atoms with E-state index < -0.39 is 0 Å². The number of rotatable bonds is 3. The topological polar surface area (TPSA) is 23.6 Å². The lowest BCUT2D eigenvalue weighted by atomic mass is 9.82. The molecule has 0 aromatic carbocycles. The SMILES string of the molecule is O=C(C(C1CC1)N1CCCC1)N1CC2CCCCC2C1. The minimum Gasteiger partial charge on any atom is -0.341 e. The highest BCUT2D eigenvalue weighted by atomic mass is 16.2. The van der Waals surface area contributed by atoms with Crippen molar-refractivity contribution in [3.05, 3.63) is 0 Å². The fourth-order valence-corrected chi connectivity index (χ4v) is 4.86. The number of hydrogen-bond donors (Lipinski definition) is 0. The average molecular weight is 276 g/mol. The Morgan fingerprint density at radius 3 is 2.00 bits per heavy atom. The van der Waals surface area contributed by atoms with Crippen molar-refractivity contribution in [3.63, 3.8) is 0 Å². The Morgan fingerprint density at radius 2 is 1.45 bits per heavy atom. The highest BCUT2D eigenvalue weighted by Crippen LogP contribution is 2.40. The van der Waals surface area contributed by atoms with Crippen LogP contribution in [0.3, 0.4) is 0 Å². The molecule has 2 aliphatic carbocycles. The van der Waals surface area contributed by atoms with Gasteiger partial charge in [-0.1, -0.05) is 12.8 Å². The van der Waals surface area contributed by atoms with Crippen molar-refractivity contribution in [2.24, 2.45) is 17.8 Å². The number of nitrogens with zero attached hydrogens (tertiary/aromatic N) is 2. The van der Waals surface area contributed by atoms with Gasteiger partial charge in [-0.15, -0.1) is 0 Å². The number of amides is 1. The molecule has 2 aliphatic heterocycles. The van der Waals surface area contributed by atoms with Crippen LogP contribution in [0.4, 0.5) is 0 Å². The Kier molecular flexibility index (Phi) is 3.49. The first-order valence-corrected chi connectivity index (χ1v) is 8.86. The lowest BCUT2D eigenvalue weighted by molar-refractivity contribution is -0.136. The van der Waals surface area contributed by atoms with Crippen LogP contribution in [0.2, 0.25) is 0 Å². The predicted octanol–water partition coefficient (Wildman–Crippen LogP) is 2.51. The van der Waals surface area contributed by atoms with E-state index in [1.54, 1.807) is 0 Å². The summed E-state index contributed by atoms with van der Waals surface area (Å²) in [5.41, 5.74) is 0. The Labute approximate surface area is 122 Å². The summed E-state index contributed by atoms with van der Waals surface area (Å²) < 4.78 is 0. The Morgan fingerprint density at radius 1 is 0.850 bits per heavy atom. The average Bonchev–Trinajstić information content (AvgIpc) is 3.00. The number of fused-ring (bicyclic) bond motifs is 1. The van der Waals surface area contributed by atoms with Crippen molar-refractivity contribution in [3.8, 4) is 0 Å². The summed E-state index contributed by atoms with van der Waals surface area (Å²) in [5.74, 6) is 2.82. The molecule has 0 aromatic heterocycles. The second kappa shape index (κ2) is 5.32. The van der Waals surface area contributed by atoms with Crippen LogP contribution in [-0.2, 0) is 4.79 Å². The van der Waals surface area contributed by atoms with Gasteiger partial charge in [-0.05, 0) is 69.4 Å². The maximum Gasteiger partial charge on any atom is 0.240 e. The maximum atomic E-state index is 13.0. The highest BCUT2D eigenvalue weighted by Gasteiger charge is 2.45. The van der Waals surface area contributed by atoms with Gasteiger partial charge in [0.2, 0.25) is 5.91 Å². The quantitative estimate of drug-likeness (QED) is 0.791. The normalized spacial score (nSPS) is 36.1. The molecular formula is C17H28N2O. The maximum absolute atomic E-state index is 13.0. The molecular weight excluding hydrogens is 248 g/mol. The fourth-order valence-electron chi connectivity index (χ4n) is 4.86. The first-order chi connectivity index (χ1) is 9.83. The van der Waals surface area contributed by atoms with Crippen LogP contribution in [0.15, 0.2) is 0 Å². The zero-order valence-electron chi connectivity index (χ0n) is 12.6. The molecule has 4 rings (SSSR count). The largest absolute Gasteiger partial charge is 0.341 e. The molecule has 1 amide bonds. The summed E-state index contributed by atoms with van der Waals surface area (Å²) in [4.78, 5) is 17.8. The molecule has 0 bridgehead atoms. The van der Waals surface area contributed by atoms with E-state index >= 15 is 0 Å². The van der Waals surface area contributed by atoms with Gasteiger partial charge in [0.05, 0.1) is 6.04 Å². The van der Waals surface area contributed by atoms with Crippen LogP contribution in [0.1, 0.15) is 51.4 Å². The smallest absolute Gasteiger partial charge is 0.240 e. The monoisotopic (exact) mass is 276 g/mol. The van der Waals surface area contributed by atoms with Gasteiger partial charge in [-0.2, -0.15) is 0 Å². The minimum atomic E-state index is 0.248. The van der Waals surface area contributed by atoms with Crippen molar-refractivity contribution >= 4 is 5.91 Å². The van der Waals surface area contributed by atoms with Gasteiger partial charge in [0.25, 0.3) is 0 Å². The van der Waals surface area contributed by atoms with Crippen LogP contribution in [0, 0.1) is 17.8 Å². The van der Waals surface area contributed by atoms with Crippen LogP contribution < -0.4 is 0 Å². The van der Waals surface area contributed by atoms with Crippen LogP contribution in [-0.4, -0.2) is 47.9 Å². The Bertz CT molecular complexity index is 359. The predicted molar refractivity (Wildman–Crippen MR) is 79.3 cm³/mol. The molecule has 3 heteroatoms. The van der Waals surface area contributed by atoms with Gasteiger partial charge in [0, 0.05) is 13.1 Å². The summed E-state index contributed by atoms with van der Waals surface area (Å²) in [6, 6.07) is 0.248. The van der Waals surface area contributed by atoms with E-state index in [2.05, 4.69) is 9.80 Å². The van der Waals surface area contributed by atoms with Crippen molar-refractivity contribution in [1.29, 1.82) is 0 Å². The molecule has 3 atom stereocenters. The second-order valence-corrected chi connectivity index (χ2v) is 7.57. The van der Waals surface area contributed by atoms with Gasteiger partial charge in [0.1, 0.15) is 0 Å². The van der Waals surface area contributed by atoms with E-state index in [-0.39, 0.29) is 6.04 Å². The van der Waals surface area contributed by atoms with Gasteiger partial charge in [-0.3, -0.25) is 9.69 Å². The lowest BCUT2D eigenvalue weighted by Gasteiger charge is -2.30. The summed E-state index contributed by atoms with van der Waals surface area (Å²) >= 11 is 0. The van der Waals surface area contributed by atoms with Crippen molar-refractivity contribution in [2.75, 3.05) is 26.2 Å². The van der Waals surface area contributed by atoms with E-state index in [4.69, 9.17) is 0 Å². The zero-order valence-corrected chi connectivity index (χ0v) is 12.6. The Hall–Kier alpha value is -0.570. The molecule has 0 aromatic rings. The van der Waals surface area contributed by atoms with Gasteiger partial charge >= 0.3 is 0 Å². The van der Waals surface area contributed by atoms with E-state index in [9.17, 15) is 4.79 Å². The number of hydrogen-bond acceptors (Lipinski definition) is 2. The van der Waals surface area contributed by atoms with Crippen LogP contribution in [0.25, 0.3) is 0 Å². The van der Waals surface area contributed by atoms with Crippen molar-refractivity contribution in [1.82, 2.24) is 9.80 Å². The molecule has 0 spiro atoms. The van der Waals surface area contributed by atoms with Crippen LogP contribution in [0.5, 0.6) is 0 Å². The molecule has 0 radical (unpaired) electrons. The molecule has 4 fully saturated rings. The standard InChI is InChI=1S/C17H28N2O/c20-17(16(13-7-8-13)18-9-3-4-10-18)19-11-14-5-1-2-6-15(14)12-19/h13-16H,1-12H2. The summed E-state index contributed by atoms with van der Waals surface area (Å²) in [7, 11) is 0. The second-order valence-electron chi connectivity index (χ2n) is 7.57. The van der Waals surface area contributed by atoms with Crippen LogP contribution >= 0.6 is 0 Å². The molecule has 4 aliphatic rings. The van der Waals surface area contributed by atoms with Gasteiger partial charge in [-0.25, -0.2) is 0 Å². The summed E-state index contributed by atoms with van der Waals surface area (Å²) in [5, 5.41) is 0. The molecule has 2 saturated heterocycles. The van der Waals surface area contributed by atoms with E-state index in [1.807, 2.05) is 0 Å². The van der Waals surface area contributed by atoms with Gasteiger partial charge < -0.3 is 4.90 Å². The zero-order chi connectivity index (χ0) is 13.5. The van der Waals surface area contributed by atoms with Crippen molar-refractivity contribution in [2.45, 2.75) is 57.4 Å². The minimum absolute atomic E-state index is 0.248. The molecule has 2 saturated carbocycles. The summed E-state index contributed by atoms with van der Waals surface area (Å²) in [6.07, 6.45) is 10.7. The molecule has 2 heterocycles. The molecule has 3 unspecified atom stereocenters. The third-order valence-corrected chi connectivity index (χ3v) is 6.14. The van der Waals surface area contributed by atoms with E-state index in [1.165, 1.54) is 51.4 Å². The summed E-state index contributed by atoms with van der Waals surface area (Å²) in [6.45, 7) is 4.46. The molecule has 112 valence electrons. The Balaban J connectivity index is 1.45. The highest BCUT2D eigenvalue weighted by molar-refractivity contribution is 5.83. The third-order valence-electron chi connectivity index (χ3n) is 6.14. The fraction of sp³-hybridized carbons (Fsp3) is 0.941. The third kappa shape index (κ3) is 2.38. The van der Waals surface area contributed by atoms with Crippen molar-refractivity contribution < 1.29 is 4.79 Å². The van der Waals surface area contributed by atoms with Gasteiger partial charge in [0.15, 0.2) is 0 Å². The van der Waals surface area contributed by atoms with E-state index in [0.29, 0.717) is 11.8 Å². The molecule has 0 N–H and O–H groups in total. The molecule has 20 heavy (non-hydrogen) atoms. The molecule has 3 nitrogen and oxygen atoms in total. The van der Waals surface area contributed by atoms with E-state index in [0.717, 1.165) is 38.0 Å². The lowest BCUT2D eigenvalue weighted by Crippen LogP contribution is -2.48.